The highest BCUT2D eigenvalue weighted by Gasteiger charge is 2.25. The van der Waals surface area contributed by atoms with Crippen LogP contribution in [0.15, 0.2) is 17.3 Å². The fraction of sp³-hybridized carbons (Fsp3) is 0.611. The number of phenols is 1. The largest absolute Gasteiger partial charge is 0.507 e. The quantitative estimate of drug-likeness (QED) is 0.655. The van der Waals surface area contributed by atoms with Crippen LogP contribution in [0.3, 0.4) is 0 Å². The number of rotatable bonds is 3. The van der Waals surface area contributed by atoms with Gasteiger partial charge in [-0.25, -0.2) is 0 Å². The van der Waals surface area contributed by atoms with Gasteiger partial charge in [-0.3, -0.25) is 0 Å². The Bertz CT molecular complexity index is 531. The van der Waals surface area contributed by atoms with Gasteiger partial charge in [-0.2, -0.15) is 0 Å². The maximum Gasteiger partial charge on any atom is 0.122 e. The molecule has 1 aromatic carbocycles. The summed E-state index contributed by atoms with van der Waals surface area (Å²) >= 11 is 0. The van der Waals surface area contributed by atoms with Crippen molar-refractivity contribution in [3.8, 4) is 5.75 Å². The normalized spacial score (nSPS) is 13.4. The molecule has 0 amide bonds. The van der Waals surface area contributed by atoms with E-state index in [1.54, 1.807) is 0 Å². The molecule has 0 aliphatic heterocycles. The molecule has 0 fully saturated rings. The van der Waals surface area contributed by atoms with E-state index < -0.39 is 0 Å². The van der Waals surface area contributed by atoms with Crippen molar-refractivity contribution in [2.24, 2.45) is 5.16 Å². The van der Waals surface area contributed by atoms with Crippen LogP contribution in [-0.4, -0.2) is 17.9 Å². The van der Waals surface area contributed by atoms with E-state index in [9.17, 15) is 5.11 Å². The average molecular weight is 291 g/mol. The van der Waals surface area contributed by atoms with E-state index in [-0.39, 0.29) is 10.8 Å². The summed E-state index contributed by atoms with van der Waals surface area (Å²) in [7, 11) is 1.54. The Labute approximate surface area is 129 Å². The first-order chi connectivity index (χ1) is 9.46. The highest BCUT2D eigenvalue weighted by atomic mass is 16.6. The molecule has 21 heavy (non-hydrogen) atoms. The zero-order chi connectivity index (χ0) is 16.4. The average Bonchev–Trinajstić information content (AvgIpc) is 2.28. The van der Waals surface area contributed by atoms with Gasteiger partial charge in [-0.05, 0) is 28.9 Å². The molecule has 1 rings (SSSR count). The van der Waals surface area contributed by atoms with Gasteiger partial charge in [0.2, 0.25) is 0 Å². The van der Waals surface area contributed by atoms with Crippen LogP contribution in [0.25, 0.3) is 0 Å². The van der Waals surface area contributed by atoms with Gasteiger partial charge in [0.1, 0.15) is 12.9 Å². The molecule has 0 atom stereocenters. The van der Waals surface area contributed by atoms with E-state index in [0.717, 1.165) is 16.8 Å². The number of oxime groups is 1. The summed E-state index contributed by atoms with van der Waals surface area (Å²) in [4.78, 5) is 4.82. The highest BCUT2D eigenvalue weighted by Crippen LogP contribution is 2.37. The van der Waals surface area contributed by atoms with Crippen LogP contribution in [0, 0.1) is 0 Å². The third kappa shape index (κ3) is 4.48. The number of nitrogens with zero attached hydrogens (tertiary/aromatic N) is 1. The van der Waals surface area contributed by atoms with Gasteiger partial charge in [0.25, 0.3) is 0 Å². The molecule has 3 heteroatoms. The van der Waals surface area contributed by atoms with Crippen LogP contribution in [0.5, 0.6) is 5.75 Å². The molecule has 0 spiro atoms. The number of hydrogen-bond acceptors (Lipinski definition) is 3. The first-order valence-electron chi connectivity index (χ1n) is 7.40. The van der Waals surface area contributed by atoms with Gasteiger partial charge in [-0.15, -0.1) is 0 Å². The lowest BCUT2D eigenvalue weighted by Gasteiger charge is -2.27. The Balaban J connectivity index is 3.46. The summed E-state index contributed by atoms with van der Waals surface area (Å²) < 4.78 is 0. The predicted octanol–water partition coefficient (Wildman–Crippen LogP) is 4.55. The van der Waals surface area contributed by atoms with E-state index >= 15 is 0 Å². The summed E-state index contributed by atoms with van der Waals surface area (Å²) in [6.07, 6.45) is 0.590. The van der Waals surface area contributed by atoms with Crippen molar-refractivity contribution in [1.29, 1.82) is 0 Å². The van der Waals surface area contributed by atoms with Crippen molar-refractivity contribution in [1.82, 2.24) is 0 Å². The molecular weight excluding hydrogens is 262 g/mol. The third-order valence-electron chi connectivity index (χ3n) is 3.56. The standard InChI is InChI=1S/C18H29NO2/c1-12(19-21-8)9-13-10-14(17(2,3)4)11-15(16(13)20)18(5,6)7/h10-11,20H,9H2,1-8H3. The molecule has 0 bridgehead atoms. The fourth-order valence-electron chi connectivity index (χ4n) is 2.30. The Hall–Kier alpha value is -1.51. The van der Waals surface area contributed by atoms with Crippen molar-refractivity contribution < 1.29 is 9.94 Å². The second-order valence-electron chi connectivity index (χ2n) is 7.72. The molecule has 0 unspecified atom stereocenters. The van der Waals surface area contributed by atoms with E-state index in [1.165, 1.54) is 12.7 Å². The smallest absolute Gasteiger partial charge is 0.122 e. The molecule has 0 aliphatic rings. The summed E-state index contributed by atoms with van der Waals surface area (Å²) in [5.74, 6) is 0.376. The molecule has 0 saturated heterocycles. The summed E-state index contributed by atoms with van der Waals surface area (Å²) in [6.45, 7) is 14.8. The van der Waals surface area contributed by atoms with Gasteiger partial charge in [0.05, 0.1) is 5.71 Å². The lowest BCUT2D eigenvalue weighted by atomic mass is 9.78. The van der Waals surface area contributed by atoms with Crippen LogP contribution in [-0.2, 0) is 22.1 Å². The maximum absolute atomic E-state index is 10.6. The molecule has 0 aliphatic carbocycles. The minimum absolute atomic E-state index is 0.0365. The Morgan fingerprint density at radius 3 is 2.10 bits per heavy atom. The van der Waals surface area contributed by atoms with Crippen LogP contribution >= 0.6 is 0 Å². The molecule has 1 aromatic rings. The van der Waals surface area contributed by atoms with Gasteiger partial charge in [-0.1, -0.05) is 58.8 Å². The summed E-state index contributed by atoms with van der Waals surface area (Å²) in [5, 5.41) is 14.6. The van der Waals surface area contributed by atoms with Gasteiger partial charge < -0.3 is 9.94 Å². The van der Waals surface area contributed by atoms with Crippen LogP contribution < -0.4 is 0 Å². The lowest BCUT2D eigenvalue weighted by molar-refractivity contribution is 0.212. The SMILES string of the molecule is CON=C(C)Cc1cc(C(C)(C)C)cc(C(C)(C)C)c1O. The zero-order valence-corrected chi connectivity index (χ0v) is 14.7. The number of aromatic hydroxyl groups is 1. The topological polar surface area (TPSA) is 41.8 Å². The minimum Gasteiger partial charge on any atom is -0.507 e. The van der Waals surface area contributed by atoms with Crippen LogP contribution in [0.2, 0.25) is 0 Å². The molecule has 118 valence electrons. The summed E-state index contributed by atoms with van der Waals surface area (Å²) in [6, 6.07) is 4.21. The maximum atomic E-state index is 10.6. The lowest BCUT2D eigenvalue weighted by Crippen LogP contribution is -2.18. The Morgan fingerprint density at radius 2 is 1.67 bits per heavy atom. The molecule has 0 aromatic heterocycles. The van der Waals surface area contributed by atoms with Crippen molar-refractivity contribution in [2.75, 3.05) is 7.11 Å². The summed E-state index contributed by atoms with van der Waals surface area (Å²) in [5.41, 5.74) is 3.89. The molecule has 0 heterocycles. The highest BCUT2D eigenvalue weighted by molar-refractivity contribution is 5.84. The van der Waals surface area contributed by atoms with E-state index in [1.807, 2.05) is 6.92 Å². The number of phenolic OH excluding ortho intramolecular Hbond substituents is 1. The Morgan fingerprint density at radius 1 is 1.10 bits per heavy atom. The van der Waals surface area contributed by atoms with Crippen LogP contribution in [0.4, 0.5) is 0 Å². The number of benzene rings is 1. The molecule has 0 radical (unpaired) electrons. The second-order valence-corrected chi connectivity index (χ2v) is 7.72. The number of hydrogen-bond donors (Lipinski definition) is 1. The van der Waals surface area contributed by atoms with Gasteiger partial charge in [0, 0.05) is 12.0 Å². The monoisotopic (exact) mass is 291 g/mol. The molecule has 3 nitrogen and oxygen atoms in total. The first-order valence-corrected chi connectivity index (χ1v) is 7.40. The van der Waals surface area contributed by atoms with Crippen molar-refractivity contribution in [2.45, 2.75) is 65.7 Å². The van der Waals surface area contributed by atoms with E-state index in [2.05, 4.69) is 58.8 Å². The van der Waals surface area contributed by atoms with Crippen molar-refractivity contribution in [3.63, 3.8) is 0 Å². The fourth-order valence-corrected chi connectivity index (χ4v) is 2.30. The van der Waals surface area contributed by atoms with Gasteiger partial charge >= 0.3 is 0 Å². The third-order valence-corrected chi connectivity index (χ3v) is 3.56. The van der Waals surface area contributed by atoms with Crippen LogP contribution in [0.1, 0.15) is 65.2 Å². The van der Waals surface area contributed by atoms with Crippen molar-refractivity contribution >= 4 is 5.71 Å². The Kier molecular flexibility index (Phi) is 5.08. The second kappa shape index (κ2) is 6.08. The molecule has 1 N–H and O–H groups in total. The predicted molar refractivity (Wildman–Crippen MR) is 89.3 cm³/mol. The van der Waals surface area contributed by atoms with Crippen molar-refractivity contribution in [3.05, 3.63) is 28.8 Å². The van der Waals surface area contributed by atoms with E-state index in [0.29, 0.717) is 12.2 Å². The first kappa shape index (κ1) is 17.5. The minimum atomic E-state index is -0.105. The molecular formula is C18H29NO2. The molecule has 0 saturated carbocycles. The van der Waals surface area contributed by atoms with Gasteiger partial charge in [0.15, 0.2) is 0 Å². The van der Waals surface area contributed by atoms with E-state index in [4.69, 9.17) is 4.84 Å². The zero-order valence-electron chi connectivity index (χ0n) is 14.7.